The van der Waals surface area contributed by atoms with E-state index in [-0.39, 0.29) is 24.7 Å². The van der Waals surface area contributed by atoms with Crippen LogP contribution in [0.2, 0.25) is 0 Å². The first-order chi connectivity index (χ1) is 11.1. The second-order valence-electron chi connectivity index (χ2n) is 5.40. The van der Waals surface area contributed by atoms with Gasteiger partial charge >= 0.3 is 5.97 Å². The van der Waals surface area contributed by atoms with E-state index in [0.29, 0.717) is 12.4 Å². The molecule has 1 aromatic heterocycles. The fourth-order valence-electron chi connectivity index (χ4n) is 2.75. The normalized spacial score (nSPS) is 13.0. The molecule has 0 N–H and O–H groups in total. The van der Waals surface area contributed by atoms with Gasteiger partial charge < -0.3 is 9.47 Å². The molecule has 1 aliphatic heterocycles. The Balaban J connectivity index is 1.87. The Bertz CT molecular complexity index is 773. The molecule has 0 atom stereocenters. The molecule has 2 aromatic rings. The summed E-state index contributed by atoms with van der Waals surface area (Å²) in [6.07, 6.45) is 0.987. The number of anilines is 1. The van der Waals surface area contributed by atoms with Crippen LogP contribution in [0.25, 0.3) is 10.9 Å². The second kappa shape index (κ2) is 6.24. The van der Waals surface area contributed by atoms with Crippen LogP contribution in [-0.2, 0) is 20.7 Å². The molecule has 0 bridgehead atoms. The minimum Gasteiger partial charge on any atom is -0.497 e. The average Bonchev–Trinajstić information content (AvgIpc) is 2.99. The summed E-state index contributed by atoms with van der Waals surface area (Å²) in [5.74, 6) is 0.921. The first-order valence-corrected chi connectivity index (χ1v) is 7.47. The summed E-state index contributed by atoms with van der Waals surface area (Å²) >= 11 is 0. The van der Waals surface area contributed by atoms with Gasteiger partial charge in [0, 0.05) is 24.4 Å². The van der Waals surface area contributed by atoms with Crippen LogP contribution in [-0.4, -0.2) is 37.6 Å². The van der Waals surface area contributed by atoms with Gasteiger partial charge in [-0.3, -0.25) is 14.5 Å². The van der Waals surface area contributed by atoms with Gasteiger partial charge in [0.1, 0.15) is 11.6 Å². The molecular formula is C17H18N2O4. The molecular weight excluding hydrogens is 296 g/mol. The lowest BCUT2D eigenvalue weighted by Gasteiger charge is -2.16. The number of methoxy groups -OCH3 is 2. The number of ether oxygens (including phenoxy) is 2. The van der Waals surface area contributed by atoms with Gasteiger partial charge in [-0.05, 0) is 30.2 Å². The van der Waals surface area contributed by atoms with Crippen LogP contribution in [0.15, 0.2) is 24.3 Å². The van der Waals surface area contributed by atoms with Crippen molar-refractivity contribution in [2.75, 3.05) is 25.7 Å². The van der Waals surface area contributed by atoms with Crippen molar-refractivity contribution in [2.45, 2.75) is 19.3 Å². The zero-order valence-corrected chi connectivity index (χ0v) is 13.2. The molecule has 0 unspecified atom stereocenters. The number of aromatic nitrogens is 1. The number of fused-ring (bicyclic) bond motifs is 2. The maximum absolute atomic E-state index is 12.3. The lowest BCUT2D eigenvalue weighted by molar-refractivity contribution is -0.141. The monoisotopic (exact) mass is 314 g/mol. The van der Waals surface area contributed by atoms with E-state index in [1.54, 1.807) is 12.0 Å². The van der Waals surface area contributed by atoms with Crippen LogP contribution >= 0.6 is 0 Å². The quantitative estimate of drug-likeness (QED) is 0.808. The molecule has 1 aromatic carbocycles. The third-order valence-corrected chi connectivity index (χ3v) is 4.01. The molecule has 0 radical (unpaired) electrons. The maximum atomic E-state index is 12.3. The standard InChI is InChI=1S/C17H18N2O4/c1-22-13-4-3-11-9-12-7-8-19(17(12)18-14(11)10-13)15(20)5-6-16(21)23-2/h3-4,9-10H,5-8H2,1-2H3. The van der Waals surface area contributed by atoms with Crippen molar-refractivity contribution in [1.82, 2.24) is 4.98 Å². The zero-order chi connectivity index (χ0) is 16.4. The predicted octanol–water partition coefficient (Wildman–Crippen LogP) is 2.09. The average molecular weight is 314 g/mol. The fourth-order valence-corrected chi connectivity index (χ4v) is 2.75. The number of benzene rings is 1. The van der Waals surface area contributed by atoms with E-state index in [4.69, 9.17) is 4.74 Å². The molecule has 0 saturated carbocycles. The largest absolute Gasteiger partial charge is 0.497 e. The second-order valence-corrected chi connectivity index (χ2v) is 5.40. The summed E-state index contributed by atoms with van der Waals surface area (Å²) in [7, 11) is 2.93. The van der Waals surface area contributed by atoms with Crippen molar-refractivity contribution in [1.29, 1.82) is 0 Å². The number of carbonyl (C=O) groups is 2. The van der Waals surface area contributed by atoms with Crippen molar-refractivity contribution < 1.29 is 19.1 Å². The Morgan fingerprint density at radius 1 is 1.22 bits per heavy atom. The Labute approximate surface area is 134 Å². The molecule has 0 spiro atoms. The van der Waals surface area contributed by atoms with Crippen molar-refractivity contribution >= 4 is 28.6 Å². The van der Waals surface area contributed by atoms with E-state index in [9.17, 15) is 9.59 Å². The Morgan fingerprint density at radius 3 is 2.78 bits per heavy atom. The molecule has 1 aliphatic rings. The number of amides is 1. The number of esters is 1. The van der Waals surface area contributed by atoms with Gasteiger partial charge in [0.25, 0.3) is 0 Å². The van der Waals surface area contributed by atoms with E-state index < -0.39 is 0 Å². The smallest absolute Gasteiger partial charge is 0.306 e. The molecule has 0 aliphatic carbocycles. The van der Waals surface area contributed by atoms with Gasteiger partial charge in [0.15, 0.2) is 0 Å². The van der Waals surface area contributed by atoms with Crippen LogP contribution in [0.4, 0.5) is 5.82 Å². The van der Waals surface area contributed by atoms with Crippen LogP contribution < -0.4 is 9.64 Å². The van der Waals surface area contributed by atoms with Crippen molar-refractivity contribution in [3.63, 3.8) is 0 Å². The highest BCUT2D eigenvalue weighted by molar-refractivity contribution is 5.97. The molecule has 3 rings (SSSR count). The van der Waals surface area contributed by atoms with E-state index in [0.717, 1.165) is 28.6 Å². The fraction of sp³-hybridized carbons (Fsp3) is 0.353. The molecule has 120 valence electrons. The third kappa shape index (κ3) is 2.97. The number of pyridine rings is 1. The molecule has 0 saturated heterocycles. The highest BCUT2D eigenvalue weighted by atomic mass is 16.5. The highest BCUT2D eigenvalue weighted by Crippen LogP contribution is 2.31. The van der Waals surface area contributed by atoms with Crippen LogP contribution in [0.1, 0.15) is 18.4 Å². The van der Waals surface area contributed by atoms with Gasteiger partial charge in [-0.15, -0.1) is 0 Å². The number of nitrogens with zero attached hydrogens (tertiary/aromatic N) is 2. The first-order valence-electron chi connectivity index (χ1n) is 7.47. The van der Waals surface area contributed by atoms with Gasteiger partial charge in [0.2, 0.25) is 5.91 Å². The highest BCUT2D eigenvalue weighted by Gasteiger charge is 2.26. The molecule has 23 heavy (non-hydrogen) atoms. The third-order valence-electron chi connectivity index (χ3n) is 4.01. The number of carbonyl (C=O) groups excluding carboxylic acids is 2. The Kier molecular flexibility index (Phi) is 4.14. The zero-order valence-electron chi connectivity index (χ0n) is 13.2. The molecule has 1 amide bonds. The van der Waals surface area contributed by atoms with E-state index in [2.05, 4.69) is 15.8 Å². The van der Waals surface area contributed by atoms with Crippen LogP contribution in [0.3, 0.4) is 0 Å². The molecule has 6 nitrogen and oxygen atoms in total. The molecule has 0 fully saturated rings. The van der Waals surface area contributed by atoms with Gasteiger partial charge in [-0.1, -0.05) is 0 Å². The number of hydrogen-bond donors (Lipinski definition) is 0. The first kappa shape index (κ1) is 15.3. The minimum absolute atomic E-state index is 0.0859. The lowest BCUT2D eigenvalue weighted by atomic mass is 10.1. The Hall–Kier alpha value is -2.63. The van der Waals surface area contributed by atoms with E-state index in [1.165, 1.54) is 7.11 Å². The maximum Gasteiger partial charge on any atom is 0.306 e. The predicted molar refractivity (Wildman–Crippen MR) is 85.6 cm³/mol. The van der Waals surface area contributed by atoms with Crippen molar-refractivity contribution in [3.8, 4) is 5.75 Å². The van der Waals surface area contributed by atoms with Crippen LogP contribution in [0, 0.1) is 0 Å². The van der Waals surface area contributed by atoms with Gasteiger partial charge in [0.05, 0.1) is 26.2 Å². The lowest BCUT2D eigenvalue weighted by Crippen LogP contribution is -2.29. The van der Waals surface area contributed by atoms with E-state index >= 15 is 0 Å². The van der Waals surface area contributed by atoms with Gasteiger partial charge in [-0.2, -0.15) is 0 Å². The topological polar surface area (TPSA) is 68.7 Å². The number of rotatable bonds is 4. The summed E-state index contributed by atoms with van der Waals surface area (Å²) < 4.78 is 9.80. The summed E-state index contributed by atoms with van der Waals surface area (Å²) in [6.45, 7) is 0.593. The van der Waals surface area contributed by atoms with E-state index in [1.807, 2.05) is 18.2 Å². The molecule has 6 heteroatoms. The minimum atomic E-state index is -0.381. The summed E-state index contributed by atoms with van der Waals surface area (Å²) in [5.41, 5.74) is 1.84. The van der Waals surface area contributed by atoms with Gasteiger partial charge in [-0.25, -0.2) is 4.98 Å². The van der Waals surface area contributed by atoms with Crippen LogP contribution in [0.5, 0.6) is 5.75 Å². The summed E-state index contributed by atoms with van der Waals surface area (Å²) in [4.78, 5) is 29.8. The summed E-state index contributed by atoms with van der Waals surface area (Å²) in [6, 6.07) is 7.77. The summed E-state index contributed by atoms with van der Waals surface area (Å²) in [5, 5.41) is 1.02. The van der Waals surface area contributed by atoms with Crippen molar-refractivity contribution in [2.24, 2.45) is 0 Å². The Morgan fingerprint density at radius 2 is 2.04 bits per heavy atom. The molecule has 2 heterocycles. The van der Waals surface area contributed by atoms with Crippen molar-refractivity contribution in [3.05, 3.63) is 29.8 Å². The SMILES string of the molecule is COC(=O)CCC(=O)N1CCc2cc3ccc(OC)cc3nc21. The number of hydrogen-bond acceptors (Lipinski definition) is 5.